The van der Waals surface area contributed by atoms with Crippen LogP contribution in [0, 0.1) is 0 Å². The molecule has 2 aromatic carbocycles. The maximum absolute atomic E-state index is 12.6. The summed E-state index contributed by atoms with van der Waals surface area (Å²) < 4.78 is 12.1. The molecule has 1 heterocycles. The topological polar surface area (TPSA) is 51.7 Å². The molecule has 28 heavy (non-hydrogen) atoms. The summed E-state index contributed by atoms with van der Waals surface area (Å²) in [6.45, 7) is 0.908. The molecule has 6 heteroatoms. The van der Waals surface area contributed by atoms with E-state index < -0.39 is 0 Å². The minimum atomic E-state index is -0.0998. The van der Waals surface area contributed by atoms with Gasteiger partial charge in [-0.25, -0.2) is 0 Å². The summed E-state index contributed by atoms with van der Waals surface area (Å²) in [5, 5.41) is 0. The first-order valence-corrected chi connectivity index (χ1v) is 9.56. The van der Waals surface area contributed by atoms with Crippen LogP contribution in [0.1, 0.15) is 21.5 Å². The van der Waals surface area contributed by atoms with Crippen LogP contribution in [0.2, 0.25) is 0 Å². The van der Waals surface area contributed by atoms with Crippen molar-refractivity contribution in [1.29, 1.82) is 0 Å². The van der Waals surface area contributed by atoms with Gasteiger partial charge in [0.05, 0.1) is 12.7 Å². The maximum atomic E-state index is 12.6. The fraction of sp³-hybridized carbons (Fsp3) is 0.182. The number of benzene rings is 2. The molecule has 0 aliphatic rings. The van der Waals surface area contributed by atoms with Gasteiger partial charge in [0.2, 0.25) is 0 Å². The van der Waals surface area contributed by atoms with Gasteiger partial charge in [0.25, 0.3) is 5.91 Å². The second kappa shape index (κ2) is 9.37. The van der Waals surface area contributed by atoms with Gasteiger partial charge >= 0.3 is 0 Å². The number of rotatable bonds is 7. The van der Waals surface area contributed by atoms with Crippen molar-refractivity contribution in [2.75, 3.05) is 14.2 Å². The number of hydrogen-bond acceptors (Lipinski definition) is 4. The van der Waals surface area contributed by atoms with Crippen LogP contribution in [0.5, 0.6) is 11.5 Å². The Bertz CT molecular complexity index is 948. The van der Waals surface area contributed by atoms with Gasteiger partial charge in [-0.1, -0.05) is 36.4 Å². The Morgan fingerprint density at radius 2 is 1.82 bits per heavy atom. The van der Waals surface area contributed by atoms with Crippen molar-refractivity contribution in [2.45, 2.75) is 13.2 Å². The van der Waals surface area contributed by atoms with Gasteiger partial charge in [0.1, 0.15) is 6.61 Å². The lowest BCUT2D eigenvalue weighted by Gasteiger charge is -2.18. The molecule has 0 aliphatic carbocycles. The highest BCUT2D eigenvalue weighted by molar-refractivity contribution is 9.10. The number of aromatic nitrogens is 1. The monoisotopic (exact) mass is 440 g/mol. The number of methoxy groups -OCH3 is 1. The van der Waals surface area contributed by atoms with E-state index in [-0.39, 0.29) is 5.91 Å². The minimum Gasteiger partial charge on any atom is -0.493 e. The van der Waals surface area contributed by atoms with E-state index >= 15 is 0 Å². The van der Waals surface area contributed by atoms with Crippen LogP contribution < -0.4 is 9.47 Å². The smallest absolute Gasteiger partial charge is 0.255 e. The molecule has 1 aromatic heterocycles. The minimum absolute atomic E-state index is 0.0998. The zero-order valence-corrected chi connectivity index (χ0v) is 17.3. The van der Waals surface area contributed by atoms with Gasteiger partial charge in [-0.05, 0) is 45.3 Å². The molecular weight excluding hydrogens is 420 g/mol. The zero-order valence-electron chi connectivity index (χ0n) is 15.8. The van der Waals surface area contributed by atoms with Crippen LogP contribution in [0.4, 0.5) is 0 Å². The number of carbonyl (C=O) groups excluding carboxylic acids is 1. The quantitative estimate of drug-likeness (QED) is 0.533. The van der Waals surface area contributed by atoms with Crippen LogP contribution in [-0.4, -0.2) is 29.9 Å². The van der Waals surface area contributed by atoms with Gasteiger partial charge in [-0.15, -0.1) is 0 Å². The number of ether oxygens (including phenoxy) is 2. The van der Waals surface area contributed by atoms with E-state index in [1.165, 1.54) is 0 Å². The van der Waals surface area contributed by atoms with Crippen LogP contribution in [0.25, 0.3) is 0 Å². The molecule has 0 radical (unpaired) electrons. The van der Waals surface area contributed by atoms with Crippen molar-refractivity contribution in [1.82, 2.24) is 9.88 Å². The van der Waals surface area contributed by atoms with Crippen molar-refractivity contribution < 1.29 is 14.3 Å². The average molecular weight is 441 g/mol. The van der Waals surface area contributed by atoms with Crippen LogP contribution in [0.15, 0.2) is 71.5 Å². The van der Waals surface area contributed by atoms with E-state index in [0.717, 1.165) is 15.6 Å². The number of amides is 1. The number of hydrogen-bond donors (Lipinski definition) is 0. The Kier molecular flexibility index (Phi) is 6.66. The molecule has 0 atom stereocenters. The third-order valence-corrected chi connectivity index (χ3v) is 4.62. The summed E-state index contributed by atoms with van der Waals surface area (Å²) in [4.78, 5) is 18.3. The van der Waals surface area contributed by atoms with Crippen molar-refractivity contribution in [3.05, 3.63) is 88.2 Å². The van der Waals surface area contributed by atoms with Gasteiger partial charge < -0.3 is 14.4 Å². The van der Waals surface area contributed by atoms with Gasteiger partial charge in [0.15, 0.2) is 11.5 Å². The molecule has 3 aromatic rings. The van der Waals surface area contributed by atoms with E-state index in [1.54, 1.807) is 37.5 Å². The lowest BCUT2D eigenvalue weighted by Crippen LogP contribution is -2.26. The van der Waals surface area contributed by atoms with Gasteiger partial charge in [-0.3, -0.25) is 9.78 Å². The van der Waals surface area contributed by atoms with Crippen molar-refractivity contribution in [3.8, 4) is 11.5 Å². The Morgan fingerprint density at radius 3 is 2.54 bits per heavy atom. The predicted molar refractivity (Wildman–Crippen MR) is 112 cm³/mol. The Balaban J connectivity index is 1.68. The SMILES string of the molecule is COc1cc(CN(C)C(=O)c2cncc(Br)c2)ccc1OCc1ccccc1. The first-order valence-electron chi connectivity index (χ1n) is 8.76. The molecule has 0 spiro atoms. The molecule has 0 saturated heterocycles. The van der Waals surface area contributed by atoms with Gasteiger partial charge in [-0.2, -0.15) is 0 Å². The molecule has 0 bridgehead atoms. The average Bonchev–Trinajstić information content (AvgIpc) is 2.72. The van der Waals surface area contributed by atoms with Crippen molar-refractivity contribution >= 4 is 21.8 Å². The van der Waals surface area contributed by atoms with E-state index in [2.05, 4.69) is 20.9 Å². The lowest BCUT2D eigenvalue weighted by atomic mass is 10.1. The number of carbonyl (C=O) groups is 1. The summed E-state index contributed by atoms with van der Waals surface area (Å²) in [5.41, 5.74) is 2.57. The molecule has 0 fully saturated rings. The highest BCUT2D eigenvalue weighted by Crippen LogP contribution is 2.29. The van der Waals surface area contributed by atoms with Crippen molar-refractivity contribution in [3.63, 3.8) is 0 Å². The maximum Gasteiger partial charge on any atom is 0.255 e. The third kappa shape index (κ3) is 5.10. The molecule has 3 rings (SSSR count). The Morgan fingerprint density at radius 1 is 1.04 bits per heavy atom. The van der Waals surface area contributed by atoms with Gasteiger partial charge in [0, 0.05) is 30.5 Å². The molecule has 5 nitrogen and oxygen atoms in total. The third-order valence-electron chi connectivity index (χ3n) is 4.18. The van der Waals surface area contributed by atoms with E-state index in [0.29, 0.717) is 30.2 Å². The Hall–Kier alpha value is -2.86. The molecule has 0 N–H and O–H groups in total. The summed E-state index contributed by atoms with van der Waals surface area (Å²) in [5.74, 6) is 1.20. The second-order valence-corrected chi connectivity index (χ2v) is 7.23. The summed E-state index contributed by atoms with van der Waals surface area (Å²) >= 11 is 3.34. The molecule has 0 unspecified atom stereocenters. The fourth-order valence-electron chi connectivity index (χ4n) is 2.76. The lowest BCUT2D eigenvalue weighted by molar-refractivity contribution is 0.0784. The summed E-state index contributed by atoms with van der Waals surface area (Å²) in [6.07, 6.45) is 3.21. The normalized spacial score (nSPS) is 10.4. The number of pyridine rings is 1. The molecule has 0 saturated carbocycles. The fourth-order valence-corrected chi connectivity index (χ4v) is 3.12. The first kappa shape index (κ1) is 19.9. The van der Waals surface area contributed by atoms with Crippen LogP contribution in [-0.2, 0) is 13.2 Å². The zero-order chi connectivity index (χ0) is 19.9. The first-order chi connectivity index (χ1) is 13.6. The summed E-state index contributed by atoms with van der Waals surface area (Å²) in [6, 6.07) is 17.4. The van der Waals surface area contributed by atoms with Crippen LogP contribution >= 0.6 is 15.9 Å². The predicted octanol–water partition coefficient (Wildman–Crippen LogP) is 4.70. The Labute approximate surface area is 173 Å². The number of halogens is 1. The highest BCUT2D eigenvalue weighted by Gasteiger charge is 2.14. The molecule has 1 amide bonds. The highest BCUT2D eigenvalue weighted by atomic mass is 79.9. The largest absolute Gasteiger partial charge is 0.493 e. The summed E-state index contributed by atoms with van der Waals surface area (Å²) in [7, 11) is 3.37. The van der Waals surface area contributed by atoms with E-state index in [4.69, 9.17) is 9.47 Å². The second-order valence-electron chi connectivity index (χ2n) is 6.31. The number of nitrogens with zero attached hydrogens (tertiary/aromatic N) is 2. The van der Waals surface area contributed by atoms with Crippen molar-refractivity contribution in [2.24, 2.45) is 0 Å². The standard InChI is InChI=1S/C22H21BrN2O3/c1-25(22(26)18-11-19(23)13-24-12-18)14-17-8-9-20(21(10-17)27-2)28-15-16-6-4-3-5-7-16/h3-13H,14-15H2,1-2H3. The van der Waals surface area contributed by atoms with E-state index in [9.17, 15) is 4.79 Å². The molecular formula is C22H21BrN2O3. The molecule has 0 aliphatic heterocycles. The van der Waals surface area contributed by atoms with E-state index in [1.807, 2.05) is 48.5 Å². The van der Waals surface area contributed by atoms with Crippen LogP contribution in [0.3, 0.4) is 0 Å². The molecule has 144 valence electrons.